The standard InChI is InChI=1S/C12H12F6O/c1-8-2-4-9(5-3-8)10(6-7-19,11(13,14)15)12(16,17)18/h2-5,19H,6-7H2,1H3. The van der Waals surface area contributed by atoms with Gasteiger partial charge >= 0.3 is 12.4 Å². The Kier molecular flexibility index (Phi) is 4.19. The van der Waals surface area contributed by atoms with E-state index in [-0.39, 0.29) is 0 Å². The SMILES string of the molecule is Cc1ccc(C(CCO)(C(F)(F)F)C(F)(F)F)cc1. The number of hydrogen-bond acceptors (Lipinski definition) is 1. The predicted octanol–water partition coefficient (Wildman–Crippen LogP) is 3.74. The largest absolute Gasteiger partial charge is 0.407 e. The van der Waals surface area contributed by atoms with Gasteiger partial charge in [-0.1, -0.05) is 29.8 Å². The molecule has 0 saturated heterocycles. The predicted molar refractivity (Wildman–Crippen MR) is 56.7 cm³/mol. The van der Waals surface area contributed by atoms with Gasteiger partial charge in [-0.3, -0.25) is 0 Å². The van der Waals surface area contributed by atoms with E-state index >= 15 is 0 Å². The van der Waals surface area contributed by atoms with E-state index in [1.807, 2.05) is 0 Å². The van der Waals surface area contributed by atoms with Crippen molar-refractivity contribution in [1.29, 1.82) is 0 Å². The Labute approximate surface area is 105 Å². The van der Waals surface area contributed by atoms with Crippen LogP contribution in [-0.4, -0.2) is 24.1 Å². The summed E-state index contributed by atoms with van der Waals surface area (Å²) in [5, 5.41) is 8.64. The monoisotopic (exact) mass is 286 g/mol. The molecule has 0 bridgehead atoms. The van der Waals surface area contributed by atoms with Crippen LogP contribution in [0.2, 0.25) is 0 Å². The minimum Gasteiger partial charge on any atom is -0.396 e. The third-order valence-electron chi connectivity index (χ3n) is 3.00. The average Bonchev–Trinajstić information content (AvgIpc) is 2.24. The van der Waals surface area contributed by atoms with E-state index in [4.69, 9.17) is 5.11 Å². The van der Waals surface area contributed by atoms with Crippen molar-refractivity contribution >= 4 is 0 Å². The maximum atomic E-state index is 13.0. The molecule has 0 aliphatic carbocycles. The summed E-state index contributed by atoms with van der Waals surface area (Å²) in [6, 6.07) is 3.95. The number of halogens is 6. The van der Waals surface area contributed by atoms with Crippen molar-refractivity contribution in [3.63, 3.8) is 0 Å². The third-order valence-corrected chi connectivity index (χ3v) is 3.00. The Morgan fingerprint density at radius 3 is 1.63 bits per heavy atom. The van der Waals surface area contributed by atoms with Crippen LogP contribution < -0.4 is 0 Å². The van der Waals surface area contributed by atoms with Gasteiger partial charge in [0.05, 0.1) is 0 Å². The minimum atomic E-state index is -5.54. The first-order valence-corrected chi connectivity index (χ1v) is 5.38. The van der Waals surface area contributed by atoms with E-state index in [1.54, 1.807) is 6.92 Å². The second-order valence-electron chi connectivity index (χ2n) is 4.24. The summed E-state index contributed by atoms with van der Waals surface area (Å²) >= 11 is 0. The Bertz CT molecular complexity index is 403. The molecule has 0 fully saturated rings. The molecule has 0 amide bonds. The highest BCUT2D eigenvalue weighted by Crippen LogP contribution is 2.54. The summed E-state index contributed by atoms with van der Waals surface area (Å²) in [6.07, 6.45) is -12.5. The van der Waals surface area contributed by atoms with Crippen LogP contribution in [0.15, 0.2) is 24.3 Å². The van der Waals surface area contributed by atoms with Crippen LogP contribution in [0.4, 0.5) is 26.3 Å². The highest BCUT2D eigenvalue weighted by molar-refractivity contribution is 5.32. The zero-order valence-corrected chi connectivity index (χ0v) is 9.94. The highest BCUT2D eigenvalue weighted by atomic mass is 19.4. The number of aliphatic hydroxyl groups excluding tert-OH is 1. The van der Waals surface area contributed by atoms with Crippen molar-refractivity contribution in [3.8, 4) is 0 Å². The van der Waals surface area contributed by atoms with Crippen LogP contribution in [-0.2, 0) is 5.41 Å². The van der Waals surface area contributed by atoms with Crippen molar-refractivity contribution in [2.45, 2.75) is 31.1 Å². The van der Waals surface area contributed by atoms with Gasteiger partial charge in [-0.05, 0) is 18.9 Å². The molecule has 1 aromatic rings. The van der Waals surface area contributed by atoms with Crippen LogP contribution in [0.25, 0.3) is 0 Å². The van der Waals surface area contributed by atoms with Crippen LogP contribution in [0, 0.1) is 6.92 Å². The Morgan fingerprint density at radius 1 is 0.895 bits per heavy atom. The zero-order chi connectivity index (χ0) is 14.9. The number of aryl methyl sites for hydroxylation is 1. The first kappa shape index (κ1) is 15.8. The molecule has 0 spiro atoms. The molecular formula is C12H12F6O. The van der Waals surface area contributed by atoms with Gasteiger partial charge in [0.1, 0.15) is 0 Å². The first-order valence-electron chi connectivity index (χ1n) is 5.38. The van der Waals surface area contributed by atoms with E-state index in [9.17, 15) is 26.3 Å². The fourth-order valence-corrected chi connectivity index (χ4v) is 1.92. The van der Waals surface area contributed by atoms with Crippen molar-refractivity contribution in [2.24, 2.45) is 0 Å². The molecule has 19 heavy (non-hydrogen) atoms. The molecule has 0 atom stereocenters. The van der Waals surface area contributed by atoms with E-state index in [0.29, 0.717) is 5.56 Å². The number of rotatable bonds is 3. The lowest BCUT2D eigenvalue weighted by molar-refractivity contribution is -0.306. The van der Waals surface area contributed by atoms with Crippen molar-refractivity contribution in [1.82, 2.24) is 0 Å². The normalized spacial score (nSPS) is 13.7. The molecule has 0 heterocycles. The molecule has 0 saturated carbocycles. The molecule has 1 nitrogen and oxygen atoms in total. The van der Waals surface area contributed by atoms with Gasteiger partial charge in [-0.25, -0.2) is 0 Å². The van der Waals surface area contributed by atoms with Crippen molar-refractivity contribution in [2.75, 3.05) is 6.61 Å². The van der Waals surface area contributed by atoms with E-state index in [2.05, 4.69) is 0 Å². The van der Waals surface area contributed by atoms with Crippen LogP contribution in [0.1, 0.15) is 17.5 Å². The van der Waals surface area contributed by atoms with Crippen LogP contribution in [0.5, 0.6) is 0 Å². The Hall–Kier alpha value is -1.24. The summed E-state index contributed by atoms with van der Waals surface area (Å²) < 4.78 is 78.1. The van der Waals surface area contributed by atoms with E-state index in [0.717, 1.165) is 12.1 Å². The topological polar surface area (TPSA) is 20.2 Å². The minimum absolute atomic E-state index is 0.547. The van der Waals surface area contributed by atoms with Crippen LogP contribution in [0.3, 0.4) is 0 Å². The van der Waals surface area contributed by atoms with E-state index in [1.165, 1.54) is 12.1 Å². The zero-order valence-electron chi connectivity index (χ0n) is 9.94. The number of hydrogen-bond donors (Lipinski definition) is 1. The third kappa shape index (κ3) is 2.70. The fourth-order valence-electron chi connectivity index (χ4n) is 1.92. The second kappa shape index (κ2) is 5.03. The van der Waals surface area contributed by atoms with Gasteiger partial charge < -0.3 is 5.11 Å². The maximum Gasteiger partial charge on any atom is 0.407 e. The molecular weight excluding hydrogens is 274 g/mol. The Morgan fingerprint density at radius 2 is 1.32 bits per heavy atom. The second-order valence-corrected chi connectivity index (χ2v) is 4.24. The Balaban J connectivity index is 3.52. The van der Waals surface area contributed by atoms with Gasteiger partial charge in [0, 0.05) is 6.61 Å². The molecule has 0 aliphatic rings. The molecule has 1 rings (SSSR count). The molecule has 0 aliphatic heterocycles. The lowest BCUT2D eigenvalue weighted by Gasteiger charge is -2.37. The molecule has 0 aromatic heterocycles. The number of alkyl halides is 6. The smallest absolute Gasteiger partial charge is 0.396 e. The first-order chi connectivity index (χ1) is 8.56. The van der Waals surface area contributed by atoms with Gasteiger partial charge in [0.25, 0.3) is 0 Å². The summed E-state index contributed by atoms with van der Waals surface area (Å²) in [5.74, 6) is 0. The summed E-state index contributed by atoms with van der Waals surface area (Å²) in [4.78, 5) is 0. The molecule has 0 unspecified atom stereocenters. The highest BCUT2D eigenvalue weighted by Gasteiger charge is 2.70. The van der Waals surface area contributed by atoms with Crippen LogP contribution >= 0.6 is 0 Å². The maximum absolute atomic E-state index is 13.0. The lowest BCUT2D eigenvalue weighted by Crippen LogP contribution is -2.54. The number of aliphatic hydroxyl groups is 1. The molecule has 0 radical (unpaired) electrons. The van der Waals surface area contributed by atoms with Crippen molar-refractivity contribution in [3.05, 3.63) is 35.4 Å². The quantitative estimate of drug-likeness (QED) is 0.839. The van der Waals surface area contributed by atoms with Gasteiger partial charge in [0.15, 0.2) is 5.41 Å². The summed E-state index contributed by atoms with van der Waals surface area (Å²) in [6.45, 7) is 0.339. The molecule has 1 N–H and O–H groups in total. The van der Waals surface area contributed by atoms with E-state index < -0.39 is 36.4 Å². The molecule has 108 valence electrons. The number of benzene rings is 1. The summed E-state index contributed by atoms with van der Waals surface area (Å²) in [7, 11) is 0. The van der Waals surface area contributed by atoms with Crippen molar-refractivity contribution < 1.29 is 31.4 Å². The van der Waals surface area contributed by atoms with Gasteiger partial charge in [-0.15, -0.1) is 0 Å². The fraction of sp³-hybridized carbons (Fsp3) is 0.500. The average molecular weight is 286 g/mol. The van der Waals surface area contributed by atoms with Gasteiger partial charge in [-0.2, -0.15) is 26.3 Å². The lowest BCUT2D eigenvalue weighted by atomic mass is 9.76. The van der Waals surface area contributed by atoms with Gasteiger partial charge in [0.2, 0.25) is 0 Å². The molecule has 1 aromatic carbocycles. The molecule has 7 heteroatoms. The summed E-state index contributed by atoms with van der Waals surface area (Å²) in [5.41, 5.74) is -4.40.